The third kappa shape index (κ3) is 2.45. The Kier molecular flexibility index (Phi) is 3.31. The summed E-state index contributed by atoms with van der Waals surface area (Å²) in [6.07, 6.45) is 5.07. The van der Waals surface area contributed by atoms with Crippen LogP contribution in [0.2, 0.25) is 0 Å². The van der Waals surface area contributed by atoms with E-state index in [9.17, 15) is 5.11 Å². The lowest BCUT2D eigenvalue weighted by atomic mass is 9.88. The molecule has 0 aliphatic heterocycles. The second kappa shape index (κ2) is 4.56. The summed E-state index contributed by atoms with van der Waals surface area (Å²) in [4.78, 5) is 0. The minimum atomic E-state index is -0.285. The molecule has 0 heterocycles. The van der Waals surface area contributed by atoms with Gasteiger partial charge in [0.15, 0.2) is 0 Å². The van der Waals surface area contributed by atoms with Crippen molar-refractivity contribution in [1.29, 1.82) is 0 Å². The van der Waals surface area contributed by atoms with Crippen molar-refractivity contribution in [3.8, 4) is 0 Å². The summed E-state index contributed by atoms with van der Waals surface area (Å²) in [5, 5.41) is 9.39. The molecule has 0 aromatic heterocycles. The molecule has 0 saturated heterocycles. The molecule has 1 aromatic carbocycles. The lowest BCUT2D eigenvalue weighted by Gasteiger charge is -2.24. The van der Waals surface area contributed by atoms with Crippen LogP contribution in [-0.2, 0) is 12.0 Å². The van der Waals surface area contributed by atoms with Gasteiger partial charge in [-0.3, -0.25) is 0 Å². The molecule has 0 amide bonds. The van der Waals surface area contributed by atoms with E-state index in [0.29, 0.717) is 6.42 Å². The number of nitrogens with two attached hydrogens (primary N) is 1. The Hall–Kier alpha value is -0.860. The number of rotatable bonds is 3. The lowest BCUT2D eigenvalue weighted by molar-refractivity contribution is 0.195. The van der Waals surface area contributed by atoms with Crippen LogP contribution in [0.4, 0.5) is 0 Å². The van der Waals surface area contributed by atoms with E-state index in [0.717, 1.165) is 12.8 Å². The van der Waals surface area contributed by atoms with Crippen molar-refractivity contribution in [1.82, 2.24) is 0 Å². The van der Waals surface area contributed by atoms with Gasteiger partial charge in [-0.05, 0) is 37.3 Å². The van der Waals surface area contributed by atoms with Gasteiger partial charge in [-0.15, -0.1) is 0 Å². The summed E-state index contributed by atoms with van der Waals surface area (Å²) in [6.45, 7) is 1.82. The van der Waals surface area contributed by atoms with E-state index in [-0.39, 0.29) is 11.6 Å². The highest BCUT2D eigenvalue weighted by molar-refractivity contribution is 5.30. The SMILES string of the molecule is CC(O)Cc1cccc(C2(N)CCCC2)c1. The predicted octanol–water partition coefficient (Wildman–Crippen LogP) is 2.34. The van der Waals surface area contributed by atoms with E-state index in [4.69, 9.17) is 5.73 Å². The zero-order valence-corrected chi connectivity index (χ0v) is 9.95. The minimum Gasteiger partial charge on any atom is -0.393 e. The third-order valence-electron chi connectivity index (χ3n) is 3.53. The molecule has 88 valence electrons. The van der Waals surface area contributed by atoms with Crippen molar-refractivity contribution < 1.29 is 5.11 Å². The summed E-state index contributed by atoms with van der Waals surface area (Å²) in [6, 6.07) is 8.41. The van der Waals surface area contributed by atoms with Crippen LogP contribution < -0.4 is 5.73 Å². The Balaban J connectivity index is 2.21. The van der Waals surface area contributed by atoms with E-state index < -0.39 is 0 Å². The Morgan fingerprint density at radius 1 is 1.38 bits per heavy atom. The van der Waals surface area contributed by atoms with Gasteiger partial charge in [0.05, 0.1) is 6.10 Å². The second-order valence-electron chi connectivity index (χ2n) is 5.12. The molecular formula is C14H21NO. The van der Waals surface area contributed by atoms with Crippen molar-refractivity contribution >= 4 is 0 Å². The molecule has 2 heteroatoms. The highest BCUT2D eigenvalue weighted by atomic mass is 16.3. The summed E-state index contributed by atoms with van der Waals surface area (Å²) in [5.41, 5.74) is 8.72. The summed E-state index contributed by atoms with van der Waals surface area (Å²) < 4.78 is 0. The van der Waals surface area contributed by atoms with Crippen LogP contribution in [0.1, 0.15) is 43.7 Å². The van der Waals surface area contributed by atoms with Crippen LogP contribution in [0.25, 0.3) is 0 Å². The maximum atomic E-state index is 9.39. The number of hydrogen-bond donors (Lipinski definition) is 2. The first-order valence-electron chi connectivity index (χ1n) is 6.16. The first-order valence-corrected chi connectivity index (χ1v) is 6.16. The molecule has 1 atom stereocenters. The fourth-order valence-electron chi connectivity index (χ4n) is 2.64. The molecule has 1 aromatic rings. The van der Waals surface area contributed by atoms with Crippen molar-refractivity contribution in [2.24, 2.45) is 5.73 Å². The van der Waals surface area contributed by atoms with Crippen LogP contribution in [0, 0.1) is 0 Å². The predicted molar refractivity (Wildman–Crippen MR) is 66.2 cm³/mol. The fourth-order valence-corrected chi connectivity index (χ4v) is 2.64. The van der Waals surface area contributed by atoms with Gasteiger partial charge in [0.1, 0.15) is 0 Å². The average Bonchev–Trinajstić information content (AvgIpc) is 2.66. The molecule has 0 radical (unpaired) electrons. The highest BCUT2D eigenvalue weighted by Gasteiger charge is 2.31. The first kappa shape index (κ1) is 11.6. The van der Waals surface area contributed by atoms with Crippen molar-refractivity contribution in [2.45, 2.75) is 50.7 Å². The van der Waals surface area contributed by atoms with Crippen LogP contribution in [0.15, 0.2) is 24.3 Å². The molecule has 3 N–H and O–H groups in total. The van der Waals surface area contributed by atoms with Gasteiger partial charge in [0.2, 0.25) is 0 Å². The number of hydrogen-bond acceptors (Lipinski definition) is 2. The lowest BCUT2D eigenvalue weighted by Crippen LogP contribution is -2.33. The first-order chi connectivity index (χ1) is 7.60. The fraction of sp³-hybridized carbons (Fsp3) is 0.571. The molecular weight excluding hydrogens is 198 g/mol. The Labute approximate surface area is 97.5 Å². The smallest absolute Gasteiger partial charge is 0.0552 e. The van der Waals surface area contributed by atoms with Crippen molar-refractivity contribution in [2.75, 3.05) is 0 Å². The van der Waals surface area contributed by atoms with E-state index in [1.165, 1.54) is 24.0 Å². The molecule has 2 rings (SSSR count). The zero-order valence-electron chi connectivity index (χ0n) is 9.95. The molecule has 1 aliphatic rings. The van der Waals surface area contributed by atoms with Gasteiger partial charge in [-0.1, -0.05) is 37.1 Å². The van der Waals surface area contributed by atoms with E-state index in [1.54, 1.807) is 0 Å². The summed E-state index contributed by atoms with van der Waals surface area (Å²) in [5.74, 6) is 0. The van der Waals surface area contributed by atoms with Gasteiger partial charge >= 0.3 is 0 Å². The van der Waals surface area contributed by atoms with E-state index in [1.807, 2.05) is 6.92 Å². The molecule has 1 aliphatic carbocycles. The summed E-state index contributed by atoms with van der Waals surface area (Å²) in [7, 11) is 0. The minimum absolute atomic E-state index is 0.116. The molecule has 1 fully saturated rings. The largest absolute Gasteiger partial charge is 0.393 e. The summed E-state index contributed by atoms with van der Waals surface area (Å²) >= 11 is 0. The molecule has 2 nitrogen and oxygen atoms in total. The van der Waals surface area contributed by atoms with Gasteiger partial charge in [-0.2, -0.15) is 0 Å². The van der Waals surface area contributed by atoms with Gasteiger partial charge in [0.25, 0.3) is 0 Å². The van der Waals surface area contributed by atoms with Crippen molar-refractivity contribution in [3.05, 3.63) is 35.4 Å². The second-order valence-corrected chi connectivity index (χ2v) is 5.12. The van der Waals surface area contributed by atoms with E-state index >= 15 is 0 Å². The Morgan fingerprint density at radius 2 is 2.06 bits per heavy atom. The molecule has 0 spiro atoms. The van der Waals surface area contributed by atoms with Gasteiger partial charge in [0, 0.05) is 5.54 Å². The van der Waals surface area contributed by atoms with Gasteiger partial charge < -0.3 is 10.8 Å². The monoisotopic (exact) mass is 219 g/mol. The van der Waals surface area contributed by atoms with Crippen molar-refractivity contribution in [3.63, 3.8) is 0 Å². The standard InChI is InChI=1S/C14H21NO/c1-11(16)9-12-5-4-6-13(10-12)14(15)7-2-3-8-14/h4-6,10-11,16H,2-3,7-9,15H2,1H3. The molecule has 16 heavy (non-hydrogen) atoms. The number of benzene rings is 1. The molecule has 0 bridgehead atoms. The molecule has 1 saturated carbocycles. The van der Waals surface area contributed by atoms with Crippen LogP contribution in [-0.4, -0.2) is 11.2 Å². The zero-order chi connectivity index (χ0) is 11.6. The molecule has 1 unspecified atom stereocenters. The quantitative estimate of drug-likeness (QED) is 0.819. The maximum absolute atomic E-state index is 9.39. The van der Waals surface area contributed by atoms with E-state index in [2.05, 4.69) is 24.3 Å². The normalized spacial score (nSPS) is 20.9. The van der Waals surface area contributed by atoms with Gasteiger partial charge in [-0.25, -0.2) is 0 Å². The van der Waals surface area contributed by atoms with Crippen LogP contribution in [0.3, 0.4) is 0 Å². The Bertz CT molecular complexity index is 354. The number of aliphatic hydroxyl groups excluding tert-OH is 1. The topological polar surface area (TPSA) is 46.2 Å². The van der Waals surface area contributed by atoms with Crippen LogP contribution in [0.5, 0.6) is 0 Å². The Morgan fingerprint density at radius 3 is 2.69 bits per heavy atom. The van der Waals surface area contributed by atoms with Crippen LogP contribution >= 0.6 is 0 Å². The number of aliphatic hydroxyl groups is 1. The highest BCUT2D eigenvalue weighted by Crippen LogP contribution is 2.36. The average molecular weight is 219 g/mol. The third-order valence-corrected chi connectivity index (χ3v) is 3.53. The maximum Gasteiger partial charge on any atom is 0.0552 e.